The summed E-state index contributed by atoms with van der Waals surface area (Å²) in [7, 11) is 0. The first-order valence-electron chi connectivity index (χ1n) is 3.32. The van der Waals surface area contributed by atoms with Crippen LogP contribution in [0.2, 0.25) is 0 Å². The van der Waals surface area contributed by atoms with Crippen LogP contribution in [0.3, 0.4) is 0 Å². The van der Waals surface area contributed by atoms with Crippen molar-refractivity contribution >= 4 is 39.1 Å². The van der Waals surface area contributed by atoms with Crippen molar-refractivity contribution in [3.63, 3.8) is 0 Å². The van der Waals surface area contributed by atoms with Crippen LogP contribution in [-0.2, 0) is 0 Å². The molecule has 4 heteroatoms. The summed E-state index contributed by atoms with van der Waals surface area (Å²) in [6.07, 6.45) is 1.70. The van der Waals surface area contributed by atoms with Crippen LogP contribution < -0.4 is 0 Å². The molecule has 0 spiro atoms. The fraction of sp³-hybridized carbons (Fsp3) is 0. The van der Waals surface area contributed by atoms with Gasteiger partial charge in [-0.3, -0.25) is 0 Å². The first-order valence-corrected chi connectivity index (χ1v) is 4.52. The van der Waals surface area contributed by atoms with E-state index in [-0.39, 0.29) is 4.84 Å². The third kappa shape index (κ3) is 1.28. The lowest BCUT2D eigenvalue weighted by atomic mass is 10.3. The lowest BCUT2D eigenvalue weighted by Gasteiger charge is -1.96. The first-order chi connectivity index (χ1) is 5.77. The van der Waals surface area contributed by atoms with Crippen LogP contribution in [0.4, 0.5) is 0 Å². The number of benzene rings is 1. The van der Waals surface area contributed by atoms with E-state index in [0.29, 0.717) is 0 Å². The second kappa shape index (κ2) is 2.95. The van der Waals surface area contributed by atoms with Crippen LogP contribution in [0.25, 0.3) is 11.0 Å². The van der Waals surface area contributed by atoms with Crippen LogP contribution in [0.1, 0.15) is 0 Å². The molecule has 1 heterocycles. The van der Waals surface area contributed by atoms with Crippen LogP contribution in [0.5, 0.6) is 0 Å². The number of nitrogens with zero attached hydrogens (tertiary/aromatic N) is 1. The van der Waals surface area contributed by atoms with E-state index < -0.39 is 0 Å². The Morgan fingerprint density at radius 1 is 1.42 bits per heavy atom. The Morgan fingerprint density at radius 2 is 2.25 bits per heavy atom. The van der Waals surface area contributed by atoms with Gasteiger partial charge < -0.3 is 4.42 Å². The zero-order chi connectivity index (χ0) is 8.55. The highest BCUT2D eigenvalue weighted by Gasteiger charge is 1.99. The third-order valence-electron chi connectivity index (χ3n) is 1.50. The van der Waals surface area contributed by atoms with Gasteiger partial charge in [-0.1, -0.05) is 6.07 Å². The van der Waals surface area contributed by atoms with Crippen LogP contribution >= 0.6 is 28.1 Å². The predicted octanol–water partition coefficient (Wildman–Crippen LogP) is 3.32. The summed E-state index contributed by atoms with van der Waals surface area (Å²) in [5.41, 5.74) is 0.748. The van der Waals surface area contributed by atoms with E-state index in [1.54, 1.807) is 6.20 Å². The highest BCUT2D eigenvalue weighted by Crippen LogP contribution is 2.22. The largest absolute Gasteiger partial charge is 0.428 e. The summed E-state index contributed by atoms with van der Waals surface area (Å²) in [5.74, 6) is 0. The maximum absolute atomic E-state index is 5.25. The molecule has 1 aromatic carbocycles. The number of hydrogen-bond donors (Lipinski definition) is 0. The van der Waals surface area contributed by atoms with E-state index in [2.05, 4.69) is 20.9 Å². The minimum Gasteiger partial charge on any atom is -0.428 e. The Kier molecular flexibility index (Phi) is 1.94. The second-order valence-corrected chi connectivity index (χ2v) is 3.49. The smallest absolute Gasteiger partial charge is 0.288 e. The van der Waals surface area contributed by atoms with Gasteiger partial charge in [0.2, 0.25) is 0 Å². The number of halogens is 1. The van der Waals surface area contributed by atoms with Gasteiger partial charge in [0.15, 0.2) is 5.58 Å². The molecule has 60 valence electrons. The Bertz CT molecular complexity index is 480. The van der Waals surface area contributed by atoms with Gasteiger partial charge in [-0.15, -0.1) is 0 Å². The Balaban J connectivity index is 2.97. The molecule has 12 heavy (non-hydrogen) atoms. The highest BCUT2D eigenvalue weighted by atomic mass is 79.9. The van der Waals surface area contributed by atoms with Gasteiger partial charge in [-0.25, -0.2) is 4.98 Å². The molecule has 0 atom stereocenters. The van der Waals surface area contributed by atoms with Crippen molar-refractivity contribution < 1.29 is 4.42 Å². The Morgan fingerprint density at radius 3 is 3.08 bits per heavy atom. The summed E-state index contributed by atoms with van der Waals surface area (Å²) in [5, 5.41) is 0.943. The molecule has 0 N–H and O–H groups in total. The minimum absolute atomic E-state index is 0.259. The monoisotopic (exact) mass is 241 g/mol. The molecule has 2 rings (SSSR count). The maximum Gasteiger partial charge on any atom is 0.288 e. The molecule has 0 aliphatic heterocycles. The number of rotatable bonds is 0. The Hall–Kier alpha value is -0.740. The van der Waals surface area contributed by atoms with Gasteiger partial charge in [0.1, 0.15) is 0 Å². The SMILES string of the molecule is S=c1ncc2cccc(Br)c2o1. The van der Waals surface area contributed by atoms with E-state index in [1.807, 2.05) is 18.2 Å². The molecule has 0 unspecified atom stereocenters. The van der Waals surface area contributed by atoms with Crippen LogP contribution in [0, 0.1) is 4.84 Å². The highest BCUT2D eigenvalue weighted by molar-refractivity contribution is 9.10. The molecule has 0 saturated carbocycles. The van der Waals surface area contributed by atoms with E-state index in [9.17, 15) is 0 Å². The van der Waals surface area contributed by atoms with Crippen molar-refractivity contribution in [2.45, 2.75) is 0 Å². The zero-order valence-electron chi connectivity index (χ0n) is 5.95. The van der Waals surface area contributed by atoms with Gasteiger partial charge in [0, 0.05) is 11.6 Å². The predicted molar refractivity (Wildman–Crippen MR) is 52.5 cm³/mol. The summed E-state index contributed by atoms with van der Waals surface area (Å²) in [6, 6.07) is 5.75. The fourth-order valence-corrected chi connectivity index (χ4v) is 1.57. The maximum atomic E-state index is 5.25. The number of aromatic nitrogens is 1. The lowest BCUT2D eigenvalue weighted by molar-refractivity contribution is 0.558. The van der Waals surface area contributed by atoms with Gasteiger partial charge in [0.05, 0.1) is 4.47 Å². The first kappa shape index (κ1) is 7.89. The van der Waals surface area contributed by atoms with Crippen molar-refractivity contribution in [2.24, 2.45) is 0 Å². The van der Waals surface area contributed by atoms with Crippen molar-refractivity contribution in [3.8, 4) is 0 Å². The molecule has 0 aliphatic rings. The van der Waals surface area contributed by atoms with E-state index in [0.717, 1.165) is 15.4 Å². The summed E-state index contributed by atoms with van der Waals surface area (Å²) in [6.45, 7) is 0. The van der Waals surface area contributed by atoms with E-state index >= 15 is 0 Å². The van der Waals surface area contributed by atoms with Crippen molar-refractivity contribution in [2.75, 3.05) is 0 Å². The average Bonchev–Trinajstić information content (AvgIpc) is 2.07. The van der Waals surface area contributed by atoms with Gasteiger partial charge in [0.25, 0.3) is 4.84 Å². The van der Waals surface area contributed by atoms with Crippen LogP contribution in [0.15, 0.2) is 33.3 Å². The Labute approximate surface area is 82.4 Å². The molecule has 0 aliphatic carbocycles. The fourth-order valence-electron chi connectivity index (χ4n) is 0.971. The zero-order valence-corrected chi connectivity index (χ0v) is 8.35. The molecule has 0 saturated heterocycles. The summed E-state index contributed by atoms with van der Waals surface area (Å²) < 4.78 is 6.15. The van der Waals surface area contributed by atoms with Crippen molar-refractivity contribution in [1.82, 2.24) is 4.98 Å². The van der Waals surface area contributed by atoms with Crippen molar-refractivity contribution in [3.05, 3.63) is 33.7 Å². The molecule has 2 nitrogen and oxygen atoms in total. The normalized spacial score (nSPS) is 10.4. The van der Waals surface area contributed by atoms with Gasteiger partial charge >= 0.3 is 0 Å². The molecule has 2 aromatic rings. The average molecular weight is 242 g/mol. The number of hydrogen-bond acceptors (Lipinski definition) is 3. The summed E-state index contributed by atoms with van der Waals surface area (Å²) >= 11 is 8.16. The molecule has 0 amide bonds. The minimum atomic E-state index is 0.259. The van der Waals surface area contributed by atoms with Gasteiger partial charge in [-0.2, -0.15) is 0 Å². The molecule has 0 bridgehead atoms. The molecule has 0 radical (unpaired) electrons. The third-order valence-corrected chi connectivity index (χ3v) is 2.31. The standard InChI is InChI=1S/C8H4BrNOS/c9-6-3-1-2-5-4-10-8(12)11-7(5)6/h1-4H. The molecular weight excluding hydrogens is 238 g/mol. The number of fused-ring (bicyclic) bond motifs is 1. The second-order valence-electron chi connectivity index (χ2n) is 2.28. The molecule has 0 fully saturated rings. The van der Waals surface area contributed by atoms with Crippen molar-refractivity contribution in [1.29, 1.82) is 0 Å². The summed E-state index contributed by atoms with van der Waals surface area (Å²) in [4.78, 5) is 4.13. The lowest BCUT2D eigenvalue weighted by Crippen LogP contribution is -1.77. The van der Waals surface area contributed by atoms with Gasteiger partial charge in [-0.05, 0) is 40.3 Å². The quantitative estimate of drug-likeness (QED) is 0.663. The molecular formula is C8H4BrNOS. The molecule has 1 aromatic heterocycles. The van der Waals surface area contributed by atoms with E-state index in [1.165, 1.54) is 0 Å². The topological polar surface area (TPSA) is 26.0 Å². The van der Waals surface area contributed by atoms with E-state index in [4.69, 9.17) is 16.6 Å². The number of para-hydroxylation sites is 1. The van der Waals surface area contributed by atoms with Crippen LogP contribution in [-0.4, -0.2) is 4.98 Å².